The SMILES string of the molecule is CN(C)C(=O)c1ccc(NC(=O)CSc2nc(C(C)(C)C)nc3c2c(=O)n(C)c(=O)n3C)cc1. The average molecular weight is 485 g/mol. The van der Waals surface area contributed by atoms with Crippen LogP contribution in [-0.4, -0.2) is 55.7 Å². The number of fused-ring (bicyclic) bond motifs is 1. The maximum atomic E-state index is 12.9. The Hall–Kier alpha value is -3.47. The summed E-state index contributed by atoms with van der Waals surface area (Å²) in [5, 5.41) is 3.32. The van der Waals surface area contributed by atoms with Crippen molar-refractivity contribution in [1.82, 2.24) is 24.0 Å². The molecule has 0 aliphatic carbocycles. The van der Waals surface area contributed by atoms with Crippen LogP contribution < -0.4 is 16.6 Å². The van der Waals surface area contributed by atoms with Gasteiger partial charge >= 0.3 is 5.69 Å². The van der Waals surface area contributed by atoms with E-state index in [0.29, 0.717) is 22.1 Å². The van der Waals surface area contributed by atoms with E-state index in [1.165, 1.54) is 16.5 Å². The molecule has 0 unspecified atom stereocenters. The van der Waals surface area contributed by atoms with Crippen LogP contribution in [0, 0.1) is 0 Å². The molecule has 1 N–H and O–H groups in total. The van der Waals surface area contributed by atoms with Gasteiger partial charge in [0.05, 0.1) is 5.75 Å². The summed E-state index contributed by atoms with van der Waals surface area (Å²) in [6, 6.07) is 6.59. The van der Waals surface area contributed by atoms with Crippen LogP contribution in [0.5, 0.6) is 0 Å². The molecule has 0 radical (unpaired) electrons. The average Bonchev–Trinajstić information content (AvgIpc) is 2.78. The van der Waals surface area contributed by atoms with E-state index in [1.54, 1.807) is 45.4 Å². The summed E-state index contributed by atoms with van der Waals surface area (Å²) in [5.74, 6) is 0.0180. The first-order valence-electron chi connectivity index (χ1n) is 10.5. The molecule has 2 aromatic heterocycles. The molecule has 0 atom stereocenters. The zero-order valence-electron chi connectivity index (χ0n) is 20.3. The minimum atomic E-state index is -0.511. The highest BCUT2D eigenvalue weighted by molar-refractivity contribution is 8.00. The lowest BCUT2D eigenvalue weighted by Gasteiger charge is -2.19. The van der Waals surface area contributed by atoms with Crippen molar-refractivity contribution in [2.75, 3.05) is 25.2 Å². The molecule has 3 aromatic rings. The minimum Gasteiger partial charge on any atom is -0.345 e. The topological polar surface area (TPSA) is 119 Å². The number of carbonyl (C=O) groups excluding carboxylic acids is 2. The number of amides is 2. The molecule has 34 heavy (non-hydrogen) atoms. The van der Waals surface area contributed by atoms with Gasteiger partial charge in [-0.3, -0.25) is 23.5 Å². The first-order chi connectivity index (χ1) is 15.8. The lowest BCUT2D eigenvalue weighted by molar-refractivity contribution is -0.113. The van der Waals surface area contributed by atoms with Crippen molar-refractivity contribution in [3.63, 3.8) is 0 Å². The van der Waals surface area contributed by atoms with Gasteiger partial charge in [0.1, 0.15) is 16.2 Å². The molecular formula is C23H28N6O4S. The van der Waals surface area contributed by atoms with Crippen molar-refractivity contribution < 1.29 is 9.59 Å². The second-order valence-electron chi connectivity index (χ2n) is 9.12. The number of aryl methyl sites for hydroxylation is 1. The van der Waals surface area contributed by atoms with Gasteiger partial charge in [0.15, 0.2) is 5.65 Å². The smallest absolute Gasteiger partial charge is 0.332 e. The molecule has 0 spiro atoms. The van der Waals surface area contributed by atoms with Crippen LogP contribution in [-0.2, 0) is 24.3 Å². The fraction of sp³-hybridized carbons (Fsp3) is 0.391. The van der Waals surface area contributed by atoms with Gasteiger partial charge in [0.2, 0.25) is 5.91 Å². The molecule has 2 heterocycles. The number of anilines is 1. The maximum Gasteiger partial charge on any atom is 0.332 e. The fourth-order valence-electron chi connectivity index (χ4n) is 3.15. The van der Waals surface area contributed by atoms with E-state index in [4.69, 9.17) is 0 Å². The molecule has 0 bridgehead atoms. The summed E-state index contributed by atoms with van der Waals surface area (Å²) >= 11 is 1.10. The highest BCUT2D eigenvalue weighted by Gasteiger charge is 2.24. The number of nitrogens with one attached hydrogen (secondary N) is 1. The largest absolute Gasteiger partial charge is 0.345 e. The van der Waals surface area contributed by atoms with E-state index in [9.17, 15) is 19.2 Å². The first kappa shape index (κ1) is 25.2. The second-order valence-corrected chi connectivity index (χ2v) is 10.1. The van der Waals surface area contributed by atoms with Crippen molar-refractivity contribution >= 4 is 40.3 Å². The predicted octanol–water partition coefficient (Wildman–Crippen LogP) is 1.76. The van der Waals surface area contributed by atoms with Crippen LogP contribution in [0.2, 0.25) is 0 Å². The molecule has 11 heteroatoms. The Balaban J connectivity index is 1.89. The number of rotatable bonds is 5. The summed E-state index contributed by atoms with van der Waals surface area (Å²) in [6.45, 7) is 5.79. The van der Waals surface area contributed by atoms with Crippen molar-refractivity contribution in [2.45, 2.75) is 31.2 Å². The number of thioether (sulfide) groups is 1. The molecular weight excluding hydrogens is 456 g/mol. The number of aromatic nitrogens is 4. The predicted molar refractivity (Wildman–Crippen MR) is 133 cm³/mol. The Labute approximate surface area is 201 Å². The number of nitrogens with zero attached hydrogens (tertiary/aromatic N) is 5. The number of carbonyl (C=O) groups is 2. The summed E-state index contributed by atoms with van der Waals surface area (Å²) in [7, 11) is 6.29. The van der Waals surface area contributed by atoms with Crippen LogP contribution >= 0.6 is 11.8 Å². The molecule has 10 nitrogen and oxygen atoms in total. The standard InChI is InChI=1S/C23H28N6O4S/c1-23(2,3)21-25-17-16(20(32)29(7)22(33)28(17)6)18(26-21)34-12-15(30)24-14-10-8-13(9-11-14)19(31)27(4)5/h8-11H,12H2,1-7H3,(H,24,30). The van der Waals surface area contributed by atoms with Crippen molar-refractivity contribution in [1.29, 1.82) is 0 Å². The van der Waals surface area contributed by atoms with Crippen molar-refractivity contribution in [3.05, 3.63) is 56.5 Å². The monoisotopic (exact) mass is 484 g/mol. The summed E-state index contributed by atoms with van der Waals surface area (Å²) in [5.41, 5.74) is -0.141. The van der Waals surface area contributed by atoms with Gasteiger partial charge in [0.25, 0.3) is 11.5 Å². The Bertz CT molecular complexity index is 1380. The first-order valence-corrected chi connectivity index (χ1v) is 11.5. The summed E-state index contributed by atoms with van der Waals surface area (Å²) in [4.78, 5) is 60.5. The van der Waals surface area contributed by atoms with E-state index in [1.807, 2.05) is 20.8 Å². The highest BCUT2D eigenvalue weighted by Crippen LogP contribution is 2.27. The Morgan fingerprint density at radius 1 is 1.03 bits per heavy atom. The zero-order chi connectivity index (χ0) is 25.4. The molecule has 2 amide bonds. The van der Waals surface area contributed by atoms with Gasteiger partial charge < -0.3 is 10.2 Å². The Morgan fingerprint density at radius 2 is 1.65 bits per heavy atom. The second kappa shape index (κ2) is 9.41. The lowest BCUT2D eigenvalue weighted by Crippen LogP contribution is -2.38. The zero-order valence-corrected chi connectivity index (χ0v) is 21.1. The fourth-order valence-corrected chi connectivity index (χ4v) is 3.97. The Kier molecular flexibility index (Phi) is 6.97. The van der Waals surface area contributed by atoms with Crippen molar-refractivity contribution in [3.8, 4) is 0 Å². The molecule has 1 aromatic carbocycles. The molecule has 0 saturated heterocycles. The van der Waals surface area contributed by atoms with Crippen LogP contribution in [0.4, 0.5) is 5.69 Å². The molecule has 0 aliphatic rings. The number of hydrogen-bond acceptors (Lipinski definition) is 7. The molecule has 0 saturated carbocycles. The molecule has 180 valence electrons. The molecule has 3 rings (SSSR count). The summed E-state index contributed by atoms with van der Waals surface area (Å²) in [6.07, 6.45) is 0. The third kappa shape index (κ3) is 5.04. The van der Waals surface area contributed by atoms with Crippen LogP contribution in [0.25, 0.3) is 11.0 Å². The van der Waals surface area contributed by atoms with Gasteiger partial charge in [0, 0.05) is 44.9 Å². The van der Waals surface area contributed by atoms with Gasteiger partial charge in [-0.05, 0) is 24.3 Å². The van der Waals surface area contributed by atoms with Gasteiger partial charge in [-0.25, -0.2) is 14.8 Å². The number of benzene rings is 1. The van der Waals surface area contributed by atoms with E-state index in [2.05, 4.69) is 15.3 Å². The highest BCUT2D eigenvalue weighted by atomic mass is 32.2. The van der Waals surface area contributed by atoms with E-state index >= 15 is 0 Å². The number of hydrogen-bond donors (Lipinski definition) is 1. The maximum absolute atomic E-state index is 12.9. The van der Waals surface area contributed by atoms with Crippen LogP contribution in [0.3, 0.4) is 0 Å². The minimum absolute atomic E-state index is 0.0138. The van der Waals surface area contributed by atoms with E-state index in [-0.39, 0.29) is 28.6 Å². The lowest BCUT2D eigenvalue weighted by atomic mass is 9.96. The molecule has 0 aliphatic heterocycles. The van der Waals surface area contributed by atoms with E-state index < -0.39 is 16.7 Å². The van der Waals surface area contributed by atoms with Gasteiger partial charge in [-0.2, -0.15) is 0 Å². The third-order valence-corrected chi connectivity index (χ3v) is 6.07. The summed E-state index contributed by atoms with van der Waals surface area (Å²) < 4.78 is 2.32. The third-order valence-electron chi connectivity index (χ3n) is 5.10. The Morgan fingerprint density at radius 3 is 2.21 bits per heavy atom. The molecule has 0 fully saturated rings. The van der Waals surface area contributed by atoms with Gasteiger partial charge in [-0.15, -0.1) is 0 Å². The van der Waals surface area contributed by atoms with Crippen molar-refractivity contribution in [2.24, 2.45) is 14.1 Å². The van der Waals surface area contributed by atoms with Crippen LogP contribution in [0.15, 0.2) is 38.9 Å². The van der Waals surface area contributed by atoms with Gasteiger partial charge in [-0.1, -0.05) is 32.5 Å². The van der Waals surface area contributed by atoms with Crippen LogP contribution in [0.1, 0.15) is 37.0 Å². The normalized spacial score (nSPS) is 11.5. The van der Waals surface area contributed by atoms with E-state index in [0.717, 1.165) is 16.3 Å². The quantitative estimate of drug-likeness (QED) is 0.433.